The van der Waals surface area contributed by atoms with E-state index in [2.05, 4.69) is 55.4 Å². The van der Waals surface area contributed by atoms with Gasteiger partial charge in [-0.05, 0) is 74.8 Å². The number of allylic oxidation sites excluding steroid dienone is 1. The van der Waals surface area contributed by atoms with Gasteiger partial charge in [0.25, 0.3) is 0 Å². The first-order valence-corrected chi connectivity index (χ1v) is 8.42. The molecule has 1 N–H and O–H groups in total. The second-order valence-corrected chi connectivity index (χ2v) is 8.53. The molecule has 1 saturated carbocycles. The van der Waals surface area contributed by atoms with E-state index in [-0.39, 0.29) is 22.5 Å². The lowest BCUT2D eigenvalue weighted by atomic mass is 9.57. The lowest BCUT2D eigenvalue weighted by molar-refractivity contribution is 0.124. The molecule has 1 aliphatic rings. The summed E-state index contributed by atoms with van der Waals surface area (Å²) in [6.07, 6.45) is 2.92. The van der Waals surface area contributed by atoms with Crippen LogP contribution in [-0.2, 0) is 6.42 Å². The molecule has 1 aromatic carbocycles. The summed E-state index contributed by atoms with van der Waals surface area (Å²) in [6.45, 7) is 13.3. The van der Waals surface area contributed by atoms with Gasteiger partial charge in [0.2, 0.25) is 0 Å². The monoisotopic (exact) mass is 365 g/mol. The molecule has 0 radical (unpaired) electrons. The molecule has 1 atom stereocenters. The molecule has 0 aromatic heterocycles. The summed E-state index contributed by atoms with van der Waals surface area (Å²) in [4.78, 5) is 11.1. The van der Waals surface area contributed by atoms with Crippen molar-refractivity contribution in [3.05, 3.63) is 39.2 Å². The number of nitrogens with zero attached hydrogens (tertiary/aromatic N) is 1. The van der Waals surface area contributed by atoms with Crippen molar-refractivity contribution < 1.29 is 5.11 Å². The molecule has 0 amide bonds. The van der Waals surface area contributed by atoms with Crippen LogP contribution in [-0.4, -0.2) is 5.11 Å². The molecule has 1 aromatic rings. The molecule has 0 bridgehead atoms. The zero-order valence-electron chi connectivity index (χ0n) is 13.7. The first kappa shape index (κ1) is 17.2. The van der Waals surface area contributed by atoms with Crippen LogP contribution in [0.15, 0.2) is 33.9 Å². The van der Waals surface area contributed by atoms with Gasteiger partial charge in [0.05, 0.1) is 4.47 Å². The number of phenolic OH excluding ortho intramolecular Hbond substituents is 1. The summed E-state index contributed by atoms with van der Waals surface area (Å²) in [5, 5.41) is 13.1. The number of benzene rings is 1. The van der Waals surface area contributed by atoms with Crippen LogP contribution in [0.4, 0.5) is 5.69 Å². The van der Waals surface area contributed by atoms with E-state index in [4.69, 9.17) is 0 Å². The smallest absolute Gasteiger partial charge is 0.130 e. The van der Waals surface area contributed by atoms with Gasteiger partial charge >= 0.3 is 0 Å². The minimum Gasteiger partial charge on any atom is -0.507 e. The van der Waals surface area contributed by atoms with Gasteiger partial charge in [0, 0.05) is 0 Å². The summed E-state index contributed by atoms with van der Waals surface area (Å²) in [7, 11) is 0. The van der Waals surface area contributed by atoms with Gasteiger partial charge in [0.1, 0.15) is 11.4 Å². The molecule has 0 heterocycles. The van der Waals surface area contributed by atoms with Crippen molar-refractivity contribution in [2.24, 2.45) is 21.9 Å². The Balaban J connectivity index is 2.41. The Morgan fingerprint density at radius 1 is 1.32 bits per heavy atom. The molecule has 3 nitrogen and oxygen atoms in total. The number of hydrogen-bond donors (Lipinski definition) is 1. The van der Waals surface area contributed by atoms with Gasteiger partial charge in [-0.1, -0.05) is 39.8 Å². The first-order chi connectivity index (χ1) is 10.1. The van der Waals surface area contributed by atoms with Crippen LogP contribution in [0, 0.1) is 21.7 Å². The molecule has 0 saturated heterocycles. The van der Waals surface area contributed by atoms with Crippen LogP contribution in [0.1, 0.15) is 46.1 Å². The van der Waals surface area contributed by atoms with Crippen molar-refractivity contribution in [3.63, 3.8) is 0 Å². The normalized spacial score (nSPS) is 23.3. The van der Waals surface area contributed by atoms with E-state index in [0.717, 1.165) is 18.4 Å². The average Bonchev–Trinajstić information content (AvgIpc) is 2.43. The SMILES string of the molecule is C=C1C(Cc2cc(O)c(Br)cc2N=O)C(C)(C)CCC1(C)C. The minimum absolute atomic E-state index is 0.104. The van der Waals surface area contributed by atoms with Gasteiger partial charge < -0.3 is 5.11 Å². The molecule has 4 heteroatoms. The predicted octanol–water partition coefficient (Wildman–Crippen LogP) is 6.11. The Morgan fingerprint density at radius 3 is 2.55 bits per heavy atom. The minimum atomic E-state index is 0.104. The quantitative estimate of drug-likeness (QED) is 0.518. The number of nitroso groups, excluding NO2 is 1. The van der Waals surface area contributed by atoms with E-state index in [1.54, 1.807) is 12.1 Å². The maximum absolute atomic E-state index is 11.1. The summed E-state index contributed by atoms with van der Waals surface area (Å²) >= 11 is 3.23. The molecule has 0 aliphatic heterocycles. The third-order valence-corrected chi connectivity index (χ3v) is 5.93. The zero-order chi connectivity index (χ0) is 16.7. The van der Waals surface area contributed by atoms with Gasteiger partial charge in [-0.3, -0.25) is 0 Å². The summed E-state index contributed by atoms with van der Waals surface area (Å²) in [5.41, 5.74) is 2.62. The number of phenols is 1. The van der Waals surface area contributed by atoms with Crippen molar-refractivity contribution >= 4 is 21.6 Å². The fraction of sp³-hybridized carbons (Fsp3) is 0.556. The van der Waals surface area contributed by atoms with Crippen LogP contribution in [0.2, 0.25) is 0 Å². The summed E-state index contributed by atoms with van der Waals surface area (Å²) in [6, 6.07) is 3.23. The molecule has 1 fully saturated rings. The lowest BCUT2D eigenvalue weighted by Crippen LogP contribution is -2.38. The van der Waals surface area contributed by atoms with E-state index in [0.29, 0.717) is 16.6 Å². The highest BCUT2D eigenvalue weighted by atomic mass is 79.9. The Labute approximate surface area is 140 Å². The fourth-order valence-electron chi connectivity index (χ4n) is 3.38. The highest BCUT2D eigenvalue weighted by Crippen LogP contribution is 2.53. The second kappa shape index (κ2) is 5.80. The molecule has 1 aliphatic carbocycles. The first-order valence-electron chi connectivity index (χ1n) is 7.62. The molecule has 22 heavy (non-hydrogen) atoms. The topological polar surface area (TPSA) is 49.7 Å². The third-order valence-electron chi connectivity index (χ3n) is 5.30. The van der Waals surface area contributed by atoms with Crippen LogP contribution in [0.5, 0.6) is 5.75 Å². The molecule has 120 valence electrons. The summed E-state index contributed by atoms with van der Waals surface area (Å²) < 4.78 is 0.493. The second-order valence-electron chi connectivity index (χ2n) is 7.68. The van der Waals surface area contributed by atoms with Crippen molar-refractivity contribution in [1.29, 1.82) is 0 Å². The average molecular weight is 366 g/mol. The highest BCUT2D eigenvalue weighted by Gasteiger charge is 2.42. The Hall–Kier alpha value is -1.16. The standard InChI is InChI=1S/C18H24BrNO2/c1-11-13(18(4,5)7-6-17(11,2)3)8-12-9-16(21)14(19)10-15(12)20-22/h9-10,13,21H,1,6-8H2,2-5H3. The van der Waals surface area contributed by atoms with Gasteiger partial charge in [0.15, 0.2) is 0 Å². The molecule has 2 rings (SSSR count). The van der Waals surface area contributed by atoms with E-state index < -0.39 is 0 Å². The maximum atomic E-state index is 11.1. The number of rotatable bonds is 3. The Morgan fingerprint density at radius 2 is 1.95 bits per heavy atom. The van der Waals surface area contributed by atoms with Crippen molar-refractivity contribution in [2.75, 3.05) is 0 Å². The Bertz CT molecular complexity index is 620. The number of aromatic hydroxyl groups is 1. The maximum Gasteiger partial charge on any atom is 0.130 e. The fourth-order valence-corrected chi connectivity index (χ4v) is 3.71. The van der Waals surface area contributed by atoms with E-state index in [1.165, 1.54) is 5.57 Å². The van der Waals surface area contributed by atoms with E-state index >= 15 is 0 Å². The van der Waals surface area contributed by atoms with Gasteiger partial charge in [-0.15, -0.1) is 4.91 Å². The number of hydrogen-bond acceptors (Lipinski definition) is 3. The predicted molar refractivity (Wildman–Crippen MR) is 94.4 cm³/mol. The zero-order valence-corrected chi connectivity index (χ0v) is 15.3. The van der Waals surface area contributed by atoms with Crippen molar-refractivity contribution in [1.82, 2.24) is 0 Å². The summed E-state index contributed by atoms with van der Waals surface area (Å²) in [5.74, 6) is 0.401. The molecule has 0 spiro atoms. The van der Waals surface area contributed by atoms with E-state index in [9.17, 15) is 10.0 Å². The third kappa shape index (κ3) is 3.12. The van der Waals surface area contributed by atoms with Crippen LogP contribution >= 0.6 is 15.9 Å². The van der Waals surface area contributed by atoms with Crippen molar-refractivity contribution in [3.8, 4) is 5.75 Å². The van der Waals surface area contributed by atoms with Crippen LogP contribution in [0.25, 0.3) is 0 Å². The Kier molecular flexibility index (Phi) is 4.54. The van der Waals surface area contributed by atoms with Gasteiger partial charge in [-0.2, -0.15) is 0 Å². The van der Waals surface area contributed by atoms with Gasteiger partial charge in [-0.25, -0.2) is 0 Å². The van der Waals surface area contributed by atoms with Crippen molar-refractivity contribution in [2.45, 2.75) is 47.0 Å². The van der Waals surface area contributed by atoms with E-state index in [1.807, 2.05) is 0 Å². The van der Waals surface area contributed by atoms with Crippen LogP contribution < -0.4 is 0 Å². The lowest BCUT2D eigenvalue weighted by Gasteiger charge is -2.48. The molecular formula is C18H24BrNO2. The molecular weight excluding hydrogens is 342 g/mol. The highest BCUT2D eigenvalue weighted by molar-refractivity contribution is 9.10. The van der Waals surface area contributed by atoms with Crippen LogP contribution in [0.3, 0.4) is 0 Å². The molecule has 1 unspecified atom stereocenters. The number of halogens is 1. The largest absolute Gasteiger partial charge is 0.507 e.